The summed E-state index contributed by atoms with van der Waals surface area (Å²) in [5.74, 6) is 0.646. The monoisotopic (exact) mass is 250 g/mol. The molecule has 1 unspecified atom stereocenters. The zero-order valence-electron chi connectivity index (χ0n) is 11.2. The molecule has 0 radical (unpaired) electrons. The molecule has 2 aliphatic heterocycles. The zero-order valence-corrected chi connectivity index (χ0v) is 11.2. The van der Waals surface area contributed by atoms with E-state index < -0.39 is 0 Å². The summed E-state index contributed by atoms with van der Waals surface area (Å²) in [5.41, 5.74) is 0. The minimum Gasteiger partial charge on any atom is -0.340 e. The summed E-state index contributed by atoms with van der Waals surface area (Å²) in [6.45, 7) is 2.36. The average Bonchev–Trinajstić information content (AvgIpc) is 3.04. The molecule has 1 amide bonds. The first-order chi connectivity index (χ1) is 8.76. The molecule has 0 aromatic carbocycles. The highest BCUT2D eigenvalue weighted by molar-refractivity contribution is 6.08. The van der Waals surface area contributed by atoms with Crippen LogP contribution >= 0.6 is 0 Å². The molecule has 100 valence electrons. The topological polar surface area (TPSA) is 49.4 Å². The number of rotatable bonds is 5. The molecule has 5 heteroatoms. The predicted octanol–water partition coefficient (Wildman–Crippen LogP) is -0.156. The van der Waals surface area contributed by atoms with E-state index >= 15 is 0 Å². The summed E-state index contributed by atoms with van der Waals surface area (Å²) in [4.78, 5) is 25.3. The third-order valence-corrected chi connectivity index (χ3v) is 4.26. The quantitative estimate of drug-likeness (QED) is 0.545. The molecular weight excluding hydrogens is 227 g/mol. The minimum absolute atomic E-state index is 0.00206. The Kier molecular flexibility index (Phi) is 4.81. The lowest BCUT2D eigenvalue weighted by Crippen LogP contribution is -2.42. The molecule has 0 spiro atoms. The standard InChI is InChI=1S/C13H23BN2O2/c14-5-1-3-10-7-16(8-11(10)9-17)13(18)12-4-2-6-15-12/h9-12,15H,1-8,14H2/t10-,11-,12?/m0/s1. The van der Waals surface area contributed by atoms with Gasteiger partial charge in [-0.3, -0.25) is 4.79 Å². The number of likely N-dealkylation sites (tertiary alicyclic amines) is 1. The first kappa shape index (κ1) is 13.6. The van der Waals surface area contributed by atoms with Crippen molar-refractivity contribution >= 4 is 20.0 Å². The second kappa shape index (κ2) is 6.37. The molecule has 2 rings (SSSR count). The Hall–Kier alpha value is -0.835. The van der Waals surface area contributed by atoms with Crippen LogP contribution in [0.25, 0.3) is 0 Å². The largest absolute Gasteiger partial charge is 0.340 e. The van der Waals surface area contributed by atoms with Gasteiger partial charge in [0.15, 0.2) is 0 Å². The van der Waals surface area contributed by atoms with Gasteiger partial charge in [0, 0.05) is 19.0 Å². The molecular formula is C13H23BN2O2. The summed E-state index contributed by atoms with van der Waals surface area (Å²) in [7, 11) is 2.16. The van der Waals surface area contributed by atoms with Gasteiger partial charge in [-0.2, -0.15) is 0 Å². The van der Waals surface area contributed by atoms with E-state index in [2.05, 4.69) is 13.2 Å². The number of nitrogens with one attached hydrogen (secondary N) is 1. The van der Waals surface area contributed by atoms with Crippen molar-refractivity contribution in [2.75, 3.05) is 19.6 Å². The smallest absolute Gasteiger partial charge is 0.239 e. The molecule has 3 atom stereocenters. The summed E-state index contributed by atoms with van der Waals surface area (Å²) in [5, 5.41) is 3.24. The maximum Gasteiger partial charge on any atom is 0.239 e. The molecule has 0 aromatic rings. The van der Waals surface area contributed by atoms with Gasteiger partial charge in [0.25, 0.3) is 0 Å². The van der Waals surface area contributed by atoms with Crippen molar-refractivity contribution in [2.45, 2.75) is 38.0 Å². The van der Waals surface area contributed by atoms with Crippen LogP contribution in [-0.4, -0.2) is 50.6 Å². The highest BCUT2D eigenvalue weighted by atomic mass is 16.2. The second-order valence-corrected chi connectivity index (χ2v) is 5.59. The molecule has 4 nitrogen and oxygen atoms in total. The molecule has 2 aliphatic rings. The number of hydrogen-bond donors (Lipinski definition) is 1. The van der Waals surface area contributed by atoms with Gasteiger partial charge >= 0.3 is 0 Å². The molecule has 1 N–H and O–H groups in total. The van der Waals surface area contributed by atoms with E-state index in [1.165, 1.54) is 0 Å². The first-order valence-electron chi connectivity index (χ1n) is 7.23. The summed E-state index contributed by atoms with van der Waals surface area (Å²) < 4.78 is 0. The number of carbonyl (C=O) groups is 2. The molecule has 2 fully saturated rings. The Labute approximate surface area is 110 Å². The van der Waals surface area contributed by atoms with E-state index in [1.54, 1.807) is 0 Å². The lowest BCUT2D eigenvalue weighted by atomic mass is 9.89. The molecule has 0 bridgehead atoms. The normalized spacial score (nSPS) is 31.8. The second-order valence-electron chi connectivity index (χ2n) is 5.59. The van der Waals surface area contributed by atoms with Crippen molar-refractivity contribution in [3.8, 4) is 0 Å². The maximum absolute atomic E-state index is 12.3. The Morgan fingerprint density at radius 1 is 1.44 bits per heavy atom. The summed E-state index contributed by atoms with van der Waals surface area (Å²) >= 11 is 0. The first-order valence-corrected chi connectivity index (χ1v) is 7.23. The van der Waals surface area contributed by atoms with Gasteiger partial charge in [0.2, 0.25) is 5.91 Å². The number of aldehydes is 1. The van der Waals surface area contributed by atoms with Gasteiger partial charge in [-0.05, 0) is 31.7 Å². The lowest BCUT2D eigenvalue weighted by Gasteiger charge is -2.20. The number of carbonyl (C=O) groups excluding carboxylic acids is 2. The fourth-order valence-corrected chi connectivity index (χ4v) is 3.12. The van der Waals surface area contributed by atoms with E-state index in [1.807, 2.05) is 4.90 Å². The molecule has 2 saturated heterocycles. The zero-order chi connectivity index (χ0) is 13.0. The third kappa shape index (κ3) is 2.94. The van der Waals surface area contributed by atoms with Crippen LogP contribution in [0.1, 0.15) is 25.7 Å². The SMILES string of the molecule is BCCC[C@H]1CN(C(=O)C2CCCN2)C[C@H]1C=O. The van der Waals surface area contributed by atoms with Gasteiger partial charge in [-0.1, -0.05) is 12.7 Å². The number of amides is 1. The lowest BCUT2D eigenvalue weighted by molar-refractivity contribution is -0.132. The Morgan fingerprint density at radius 2 is 2.28 bits per heavy atom. The Balaban J connectivity index is 1.90. The van der Waals surface area contributed by atoms with Crippen LogP contribution in [-0.2, 0) is 9.59 Å². The van der Waals surface area contributed by atoms with E-state index in [0.29, 0.717) is 12.5 Å². The van der Waals surface area contributed by atoms with Crippen LogP contribution in [0, 0.1) is 11.8 Å². The number of nitrogens with zero attached hydrogens (tertiary/aromatic N) is 1. The van der Waals surface area contributed by atoms with Gasteiger partial charge < -0.3 is 15.0 Å². The summed E-state index contributed by atoms with van der Waals surface area (Å²) in [6.07, 6.45) is 6.46. The van der Waals surface area contributed by atoms with Crippen LogP contribution in [0.3, 0.4) is 0 Å². The van der Waals surface area contributed by atoms with E-state index in [9.17, 15) is 9.59 Å². The Morgan fingerprint density at radius 3 is 2.89 bits per heavy atom. The van der Waals surface area contributed by atoms with Gasteiger partial charge in [0.1, 0.15) is 14.1 Å². The van der Waals surface area contributed by atoms with Crippen LogP contribution in [0.2, 0.25) is 6.32 Å². The molecule has 18 heavy (non-hydrogen) atoms. The van der Waals surface area contributed by atoms with Crippen molar-refractivity contribution in [1.82, 2.24) is 10.2 Å². The van der Waals surface area contributed by atoms with E-state index in [0.717, 1.165) is 51.4 Å². The maximum atomic E-state index is 12.3. The van der Waals surface area contributed by atoms with E-state index in [-0.39, 0.29) is 17.9 Å². The highest BCUT2D eigenvalue weighted by Gasteiger charge is 2.37. The highest BCUT2D eigenvalue weighted by Crippen LogP contribution is 2.27. The van der Waals surface area contributed by atoms with Crippen molar-refractivity contribution < 1.29 is 9.59 Å². The van der Waals surface area contributed by atoms with Crippen LogP contribution < -0.4 is 5.32 Å². The van der Waals surface area contributed by atoms with Crippen LogP contribution in [0.4, 0.5) is 0 Å². The number of hydrogen-bond acceptors (Lipinski definition) is 3. The minimum atomic E-state index is 0.00206. The molecule has 0 aliphatic carbocycles. The molecule has 2 heterocycles. The van der Waals surface area contributed by atoms with Crippen molar-refractivity contribution in [3.05, 3.63) is 0 Å². The van der Waals surface area contributed by atoms with Gasteiger partial charge in [-0.25, -0.2) is 0 Å². The third-order valence-electron chi connectivity index (χ3n) is 4.26. The molecule has 0 saturated carbocycles. The average molecular weight is 250 g/mol. The van der Waals surface area contributed by atoms with Gasteiger partial charge in [-0.15, -0.1) is 0 Å². The van der Waals surface area contributed by atoms with Crippen molar-refractivity contribution in [1.29, 1.82) is 0 Å². The van der Waals surface area contributed by atoms with Crippen molar-refractivity contribution in [2.24, 2.45) is 11.8 Å². The Bertz CT molecular complexity index is 305. The van der Waals surface area contributed by atoms with Crippen LogP contribution in [0.5, 0.6) is 0 Å². The molecule has 0 aromatic heterocycles. The van der Waals surface area contributed by atoms with Crippen LogP contribution in [0.15, 0.2) is 0 Å². The van der Waals surface area contributed by atoms with E-state index in [4.69, 9.17) is 0 Å². The predicted molar refractivity (Wildman–Crippen MR) is 73.2 cm³/mol. The summed E-state index contributed by atoms with van der Waals surface area (Å²) in [6, 6.07) is 0.00206. The fourth-order valence-electron chi connectivity index (χ4n) is 3.12. The van der Waals surface area contributed by atoms with Crippen molar-refractivity contribution in [3.63, 3.8) is 0 Å². The van der Waals surface area contributed by atoms with Gasteiger partial charge in [0.05, 0.1) is 6.04 Å². The fraction of sp³-hybridized carbons (Fsp3) is 0.846.